The number of aliphatic hydroxyl groups excluding tert-OH is 1. The lowest BCUT2D eigenvalue weighted by atomic mass is 10.1. The van der Waals surface area contributed by atoms with Crippen LogP contribution >= 0.6 is 0 Å². The minimum Gasteiger partial charge on any atom is -0.393 e. The molecule has 0 atom stereocenters. The molecule has 0 bridgehead atoms. The third-order valence-corrected chi connectivity index (χ3v) is 4.30. The number of aromatic nitrogens is 4. The van der Waals surface area contributed by atoms with Crippen molar-refractivity contribution in [1.29, 1.82) is 0 Å². The van der Waals surface area contributed by atoms with Crippen molar-refractivity contribution in [3.05, 3.63) is 36.0 Å². The van der Waals surface area contributed by atoms with E-state index in [9.17, 15) is 5.11 Å². The number of fused-ring (bicyclic) bond motifs is 1. The van der Waals surface area contributed by atoms with E-state index >= 15 is 0 Å². The van der Waals surface area contributed by atoms with Crippen molar-refractivity contribution in [2.45, 2.75) is 25.9 Å². The topological polar surface area (TPSA) is 90.0 Å². The molecule has 7 nitrogen and oxygen atoms in total. The van der Waals surface area contributed by atoms with E-state index in [4.69, 9.17) is 9.97 Å². The van der Waals surface area contributed by atoms with Crippen LogP contribution in [0.1, 0.15) is 18.5 Å². The van der Waals surface area contributed by atoms with Crippen LogP contribution in [0.5, 0.6) is 0 Å². The Labute approximate surface area is 139 Å². The van der Waals surface area contributed by atoms with E-state index in [0.29, 0.717) is 5.95 Å². The van der Waals surface area contributed by atoms with E-state index in [1.54, 1.807) is 0 Å². The fourth-order valence-electron chi connectivity index (χ4n) is 2.98. The quantitative estimate of drug-likeness (QED) is 0.685. The number of aryl methyl sites for hydroxylation is 1. The van der Waals surface area contributed by atoms with E-state index in [-0.39, 0.29) is 6.10 Å². The van der Waals surface area contributed by atoms with Gasteiger partial charge in [-0.2, -0.15) is 10.1 Å². The first-order chi connectivity index (χ1) is 11.7. The molecule has 3 aromatic rings. The number of benzene rings is 1. The second-order valence-electron chi connectivity index (χ2n) is 6.16. The molecule has 0 saturated carbocycles. The van der Waals surface area contributed by atoms with Gasteiger partial charge in [-0.05, 0) is 31.9 Å². The zero-order valence-electron chi connectivity index (χ0n) is 13.5. The summed E-state index contributed by atoms with van der Waals surface area (Å²) < 4.78 is 0. The van der Waals surface area contributed by atoms with Crippen LogP contribution in [0.2, 0.25) is 0 Å². The molecule has 1 aromatic carbocycles. The lowest BCUT2D eigenvalue weighted by Crippen LogP contribution is -2.36. The number of aliphatic hydroxyl groups is 1. The predicted octanol–water partition coefficient (Wildman–Crippen LogP) is 2.37. The van der Waals surface area contributed by atoms with Crippen molar-refractivity contribution < 1.29 is 5.11 Å². The summed E-state index contributed by atoms with van der Waals surface area (Å²) >= 11 is 0. The number of hydrogen-bond donors (Lipinski definition) is 3. The standard InChI is InChI=1S/C17H20N6O/c1-11-10-15(22-21-11)19-16-13-4-2-3-5-14(13)18-17(20-16)23-8-6-12(24)7-9-23/h2-5,10,12,24H,6-9H2,1H3,(H2,18,19,20,21,22). The van der Waals surface area contributed by atoms with Gasteiger partial charge in [-0.15, -0.1) is 0 Å². The highest BCUT2D eigenvalue weighted by Crippen LogP contribution is 2.27. The minimum atomic E-state index is -0.215. The molecule has 4 rings (SSSR count). The van der Waals surface area contributed by atoms with Gasteiger partial charge in [0, 0.05) is 24.5 Å². The second-order valence-corrected chi connectivity index (χ2v) is 6.16. The first-order valence-corrected chi connectivity index (χ1v) is 8.18. The highest BCUT2D eigenvalue weighted by atomic mass is 16.3. The van der Waals surface area contributed by atoms with Gasteiger partial charge in [0.1, 0.15) is 11.6 Å². The maximum atomic E-state index is 9.71. The van der Waals surface area contributed by atoms with Gasteiger partial charge in [0.05, 0.1) is 17.3 Å². The Bertz CT molecular complexity index is 853. The summed E-state index contributed by atoms with van der Waals surface area (Å²) in [6.07, 6.45) is 1.28. The van der Waals surface area contributed by atoms with Gasteiger partial charge >= 0.3 is 0 Å². The molecule has 3 heterocycles. The molecule has 7 heteroatoms. The normalized spacial score (nSPS) is 15.8. The lowest BCUT2D eigenvalue weighted by Gasteiger charge is -2.30. The van der Waals surface area contributed by atoms with Gasteiger partial charge in [-0.25, -0.2) is 4.98 Å². The van der Waals surface area contributed by atoms with E-state index in [1.807, 2.05) is 37.3 Å². The molecule has 0 radical (unpaired) electrons. The number of anilines is 3. The number of H-pyrrole nitrogens is 1. The Kier molecular flexibility index (Phi) is 3.78. The Balaban J connectivity index is 1.73. The van der Waals surface area contributed by atoms with Gasteiger partial charge in [0.2, 0.25) is 5.95 Å². The highest BCUT2D eigenvalue weighted by molar-refractivity contribution is 5.91. The van der Waals surface area contributed by atoms with Crippen molar-refractivity contribution in [3.63, 3.8) is 0 Å². The predicted molar refractivity (Wildman–Crippen MR) is 93.6 cm³/mol. The van der Waals surface area contributed by atoms with Crippen LogP contribution in [0.15, 0.2) is 30.3 Å². The maximum Gasteiger partial charge on any atom is 0.227 e. The summed E-state index contributed by atoms with van der Waals surface area (Å²) in [4.78, 5) is 11.6. The number of hydrogen-bond acceptors (Lipinski definition) is 6. The van der Waals surface area contributed by atoms with Crippen LogP contribution in [0.25, 0.3) is 10.9 Å². The van der Waals surface area contributed by atoms with Crippen molar-refractivity contribution >= 4 is 28.5 Å². The van der Waals surface area contributed by atoms with Gasteiger partial charge in [0.25, 0.3) is 0 Å². The van der Waals surface area contributed by atoms with Crippen LogP contribution in [0.3, 0.4) is 0 Å². The van der Waals surface area contributed by atoms with Crippen LogP contribution in [-0.2, 0) is 0 Å². The average molecular weight is 324 g/mol. The van der Waals surface area contributed by atoms with E-state index < -0.39 is 0 Å². The molecule has 3 N–H and O–H groups in total. The molecular weight excluding hydrogens is 304 g/mol. The maximum absolute atomic E-state index is 9.71. The molecule has 0 amide bonds. The summed E-state index contributed by atoms with van der Waals surface area (Å²) in [7, 11) is 0. The monoisotopic (exact) mass is 324 g/mol. The first kappa shape index (κ1) is 14.9. The summed E-state index contributed by atoms with van der Waals surface area (Å²) in [5, 5.41) is 21.1. The van der Waals surface area contributed by atoms with Crippen LogP contribution in [0.4, 0.5) is 17.6 Å². The molecule has 0 unspecified atom stereocenters. The Morgan fingerprint density at radius 1 is 1.21 bits per heavy atom. The number of aromatic amines is 1. The Morgan fingerprint density at radius 2 is 2.00 bits per heavy atom. The minimum absolute atomic E-state index is 0.215. The molecule has 24 heavy (non-hydrogen) atoms. The summed E-state index contributed by atoms with van der Waals surface area (Å²) in [5.41, 5.74) is 1.81. The number of para-hydroxylation sites is 1. The van der Waals surface area contributed by atoms with Gasteiger partial charge < -0.3 is 15.3 Å². The number of nitrogens with one attached hydrogen (secondary N) is 2. The summed E-state index contributed by atoms with van der Waals surface area (Å²) in [6, 6.07) is 9.89. The summed E-state index contributed by atoms with van der Waals surface area (Å²) in [6.45, 7) is 3.47. The fraction of sp³-hybridized carbons (Fsp3) is 0.353. The largest absolute Gasteiger partial charge is 0.393 e. The van der Waals surface area contributed by atoms with Crippen molar-refractivity contribution in [1.82, 2.24) is 20.2 Å². The number of rotatable bonds is 3. The summed E-state index contributed by atoms with van der Waals surface area (Å²) in [5.74, 6) is 2.25. The zero-order valence-corrected chi connectivity index (χ0v) is 13.5. The zero-order chi connectivity index (χ0) is 16.5. The molecule has 1 fully saturated rings. The first-order valence-electron chi connectivity index (χ1n) is 8.18. The third kappa shape index (κ3) is 2.90. The highest BCUT2D eigenvalue weighted by Gasteiger charge is 2.20. The molecular formula is C17H20N6O. The molecule has 124 valence electrons. The lowest BCUT2D eigenvalue weighted by molar-refractivity contribution is 0.145. The molecule has 1 aliphatic rings. The second kappa shape index (κ2) is 6.09. The van der Waals surface area contributed by atoms with Crippen LogP contribution in [-0.4, -0.2) is 44.5 Å². The molecule has 0 spiro atoms. The van der Waals surface area contributed by atoms with Gasteiger partial charge in [-0.3, -0.25) is 5.10 Å². The number of piperidine rings is 1. The molecule has 1 saturated heterocycles. The Morgan fingerprint density at radius 3 is 2.75 bits per heavy atom. The average Bonchev–Trinajstić information content (AvgIpc) is 3.00. The van der Waals surface area contributed by atoms with Crippen molar-refractivity contribution in [2.75, 3.05) is 23.3 Å². The molecule has 0 aliphatic carbocycles. The van der Waals surface area contributed by atoms with Crippen molar-refractivity contribution in [2.24, 2.45) is 0 Å². The SMILES string of the molecule is Cc1cc(Nc2nc(N3CCC(O)CC3)nc3ccccc23)[nH]n1. The molecule has 1 aliphatic heterocycles. The van der Waals surface area contributed by atoms with Gasteiger partial charge in [0.15, 0.2) is 0 Å². The Hall–Kier alpha value is -2.67. The van der Waals surface area contributed by atoms with Crippen LogP contribution in [0, 0.1) is 6.92 Å². The third-order valence-electron chi connectivity index (χ3n) is 4.30. The van der Waals surface area contributed by atoms with E-state index in [2.05, 4.69) is 20.4 Å². The van der Waals surface area contributed by atoms with Crippen molar-refractivity contribution in [3.8, 4) is 0 Å². The number of nitrogens with zero attached hydrogens (tertiary/aromatic N) is 4. The fourth-order valence-corrected chi connectivity index (χ4v) is 2.98. The van der Waals surface area contributed by atoms with Gasteiger partial charge in [-0.1, -0.05) is 12.1 Å². The molecule has 2 aromatic heterocycles. The van der Waals surface area contributed by atoms with Crippen LogP contribution < -0.4 is 10.2 Å². The van der Waals surface area contributed by atoms with E-state index in [0.717, 1.165) is 54.2 Å². The smallest absolute Gasteiger partial charge is 0.227 e. The van der Waals surface area contributed by atoms with E-state index in [1.165, 1.54) is 0 Å².